The summed E-state index contributed by atoms with van der Waals surface area (Å²) in [6, 6.07) is 7.45. The second-order valence-corrected chi connectivity index (χ2v) is 9.75. The Morgan fingerprint density at radius 1 is 1.30 bits per heavy atom. The van der Waals surface area contributed by atoms with Gasteiger partial charge in [-0.25, -0.2) is 9.07 Å². The first-order chi connectivity index (χ1) is 17.8. The molecule has 11 nitrogen and oxygen atoms in total. The third-order valence-corrected chi connectivity index (χ3v) is 6.43. The summed E-state index contributed by atoms with van der Waals surface area (Å²) in [5, 5.41) is 24.5. The number of hydrogen-bond acceptors (Lipinski definition) is 8. The number of aromatic nitrogens is 6. The molecule has 0 spiro atoms. The summed E-state index contributed by atoms with van der Waals surface area (Å²) in [6.07, 6.45) is 5.28. The van der Waals surface area contributed by atoms with Crippen molar-refractivity contribution >= 4 is 21.7 Å². The molecule has 1 aromatic carbocycles. The van der Waals surface area contributed by atoms with E-state index in [0.29, 0.717) is 33.9 Å². The van der Waals surface area contributed by atoms with Gasteiger partial charge in [-0.1, -0.05) is 5.21 Å². The fourth-order valence-corrected chi connectivity index (χ4v) is 4.33. The van der Waals surface area contributed by atoms with Gasteiger partial charge in [-0.2, -0.15) is 0 Å². The van der Waals surface area contributed by atoms with Crippen LogP contribution in [0.15, 0.2) is 47.2 Å². The molecule has 0 radical (unpaired) electrons. The van der Waals surface area contributed by atoms with Crippen LogP contribution in [0.5, 0.6) is 11.6 Å². The Morgan fingerprint density at radius 3 is 2.84 bits per heavy atom. The van der Waals surface area contributed by atoms with Gasteiger partial charge in [0.25, 0.3) is 0 Å². The molecule has 1 fully saturated rings. The Labute approximate surface area is 219 Å². The van der Waals surface area contributed by atoms with Crippen molar-refractivity contribution in [1.82, 2.24) is 29.8 Å². The Morgan fingerprint density at radius 2 is 2.11 bits per heavy atom. The third kappa shape index (κ3) is 5.61. The second kappa shape index (κ2) is 10.2. The molecule has 13 heteroatoms. The standard InChI is InChI=1S/C24H23BrFN7O4/c1-14(37-22-7-16(25)11-27-24(22)33(34)35)20-8-17(26)5-6-21(20)32-19(10-23(29-32)36-2)9-18-13-31(30-28-18)12-15-3-4-15/h5-8,10-11,13-15H,3-4,9,12H2,1-2H3/t14-/m1/s1. The normalized spacial score (nSPS) is 13.9. The number of nitrogens with zero attached hydrogens (tertiary/aromatic N) is 7. The lowest BCUT2D eigenvalue weighted by molar-refractivity contribution is -0.390. The maximum Gasteiger partial charge on any atom is 0.406 e. The van der Waals surface area contributed by atoms with Crippen molar-refractivity contribution < 1.29 is 18.8 Å². The van der Waals surface area contributed by atoms with Crippen LogP contribution in [0, 0.1) is 21.8 Å². The predicted octanol–water partition coefficient (Wildman–Crippen LogP) is 4.82. The minimum atomic E-state index is -0.789. The molecule has 4 aromatic rings. The van der Waals surface area contributed by atoms with Gasteiger partial charge in [0.2, 0.25) is 11.6 Å². The lowest BCUT2D eigenvalue weighted by atomic mass is 10.1. The largest absolute Gasteiger partial charge is 0.480 e. The van der Waals surface area contributed by atoms with Crippen molar-refractivity contribution in [3.8, 4) is 17.3 Å². The topological polar surface area (TPSA) is 123 Å². The average Bonchev–Trinajstić information content (AvgIpc) is 3.42. The molecule has 1 aliphatic carbocycles. The molecule has 0 amide bonds. The molecule has 1 atom stereocenters. The van der Waals surface area contributed by atoms with Gasteiger partial charge in [0.05, 0.1) is 28.7 Å². The van der Waals surface area contributed by atoms with Crippen LogP contribution in [0.2, 0.25) is 0 Å². The smallest absolute Gasteiger partial charge is 0.406 e. The number of halogens is 2. The van der Waals surface area contributed by atoms with E-state index in [1.54, 1.807) is 23.7 Å². The highest BCUT2D eigenvalue weighted by atomic mass is 79.9. The SMILES string of the molecule is COc1cc(Cc2cn(CC3CC3)nn2)n(-c2ccc(F)cc2[C@@H](C)Oc2cc(Br)cnc2[N+](=O)[O-])n1. The maximum atomic E-state index is 14.4. The van der Waals surface area contributed by atoms with Crippen molar-refractivity contribution in [2.75, 3.05) is 7.11 Å². The van der Waals surface area contributed by atoms with Gasteiger partial charge in [0, 0.05) is 36.9 Å². The first kappa shape index (κ1) is 24.8. The molecule has 3 aromatic heterocycles. The molecule has 1 saturated carbocycles. The van der Waals surface area contributed by atoms with Gasteiger partial charge in [0.15, 0.2) is 6.20 Å². The first-order valence-electron chi connectivity index (χ1n) is 11.6. The zero-order valence-corrected chi connectivity index (χ0v) is 21.6. The number of benzene rings is 1. The van der Waals surface area contributed by atoms with E-state index in [1.807, 2.05) is 10.9 Å². The van der Waals surface area contributed by atoms with Crippen LogP contribution in [0.25, 0.3) is 5.69 Å². The zero-order valence-electron chi connectivity index (χ0n) is 20.0. The quantitative estimate of drug-likeness (QED) is 0.196. The molecule has 3 heterocycles. The Kier molecular flexibility index (Phi) is 6.87. The van der Waals surface area contributed by atoms with Crippen LogP contribution in [0.1, 0.15) is 42.8 Å². The molecule has 0 bridgehead atoms. The highest BCUT2D eigenvalue weighted by molar-refractivity contribution is 9.10. The van der Waals surface area contributed by atoms with E-state index in [-0.39, 0.29) is 5.75 Å². The van der Waals surface area contributed by atoms with Gasteiger partial charge in [-0.05, 0) is 69.7 Å². The van der Waals surface area contributed by atoms with Crippen LogP contribution >= 0.6 is 15.9 Å². The molecule has 192 valence electrons. The molecule has 1 aliphatic rings. The average molecular weight is 572 g/mol. The number of methoxy groups -OCH3 is 1. The van der Waals surface area contributed by atoms with Crippen molar-refractivity contribution in [1.29, 1.82) is 0 Å². The molecular weight excluding hydrogens is 549 g/mol. The summed E-state index contributed by atoms with van der Waals surface area (Å²) < 4.78 is 29.7. The summed E-state index contributed by atoms with van der Waals surface area (Å²) in [7, 11) is 1.51. The molecular formula is C24H23BrFN7O4. The number of rotatable bonds is 10. The lowest BCUT2D eigenvalue weighted by Gasteiger charge is -2.19. The van der Waals surface area contributed by atoms with E-state index >= 15 is 0 Å². The lowest BCUT2D eigenvalue weighted by Crippen LogP contribution is -2.12. The Hall–Kier alpha value is -3.87. The number of nitro groups is 1. The van der Waals surface area contributed by atoms with Crippen LogP contribution in [0.3, 0.4) is 0 Å². The summed E-state index contributed by atoms with van der Waals surface area (Å²) in [6.45, 7) is 2.52. The summed E-state index contributed by atoms with van der Waals surface area (Å²) >= 11 is 3.26. The van der Waals surface area contributed by atoms with E-state index in [2.05, 4.69) is 36.3 Å². The van der Waals surface area contributed by atoms with Gasteiger partial charge < -0.3 is 19.6 Å². The van der Waals surface area contributed by atoms with Crippen LogP contribution in [0.4, 0.5) is 10.2 Å². The number of hydrogen-bond donors (Lipinski definition) is 0. The minimum absolute atomic E-state index is 0.0485. The summed E-state index contributed by atoms with van der Waals surface area (Å²) in [5.74, 6) is 0.0619. The molecule has 5 rings (SSSR count). The van der Waals surface area contributed by atoms with E-state index < -0.39 is 22.7 Å². The van der Waals surface area contributed by atoms with E-state index in [1.165, 1.54) is 44.3 Å². The maximum absolute atomic E-state index is 14.4. The number of ether oxygens (including phenoxy) is 2. The van der Waals surface area contributed by atoms with Crippen LogP contribution in [-0.4, -0.2) is 41.8 Å². The fraction of sp³-hybridized carbons (Fsp3) is 0.333. The molecule has 0 unspecified atom stereocenters. The van der Waals surface area contributed by atoms with Crippen molar-refractivity contribution in [2.45, 2.75) is 38.8 Å². The van der Waals surface area contributed by atoms with E-state index in [4.69, 9.17) is 9.47 Å². The number of pyridine rings is 1. The fourth-order valence-electron chi connectivity index (χ4n) is 4.02. The van der Waals surface area contributed by atoms with Crippen LogP contribution in [-0.2, 0) is 13.0 Å². The molecule has 0 N–H and O–H groups in total. The monoisotopic (exact) mass is 571 g/mol. The van der Waals surface area contributed by atoms with Gasteiger partial charge in [-0.15, -0.1) is 10.2 Å². The van der Waals surface area contributed by atoms with Crippen molar-refractivity contribution in [2.24, 2.45) is 5.92 Å². The Balaban J connectivity index is 1.49. The van der Waals surface area contributed by atoms with E-state index in [0.717, 1.165) is 17.9 Å². The predicted molar refractivity (Wildman–Crippen MR) is 133 cm³/mol. The zero-order chi connectivity index (χ0) is 26.1. The minimum Gasteiger partial charge on any atom is -0.480 e. The third-order valence-electron chi connectivity index (χ3n) is 5.99. The molecule has 0 aliphatic heterocycles. The molecule has 0 saturated heterocycles. The summed E-state index contributed by atoms with van der Waals surface area (Å²) in [4.78, 5) is 14.7. The van der Waals surface area contributed by atoms with Crippen LogP contribution < -0.4 is 9.47 Å². The molecule has 37 heavy (non-hydrogen) atoms. The van der Waals surface area contributed by atoms with Gasteiger partial charge in [-0.3, -0.25) is 4.68 Å². The summed E-state index contributed by atoms with van der Waals surface area (Å²) in [5.41, 5.74) is 2.46. The van der Waals surface area contributed by atoms with Crippen molar-refractivity contribution in [3.63, 3.8) is 0 Å². The van der Waals surface area contributed by atoms with Gasteiger partial charge in [0.1, 0.15) is 11.9 Å². The van der Waals surface area contributed by atoms with E-state index in [9.17, 15) is 14.5 Å². The Bertz CT molecular complexity index is 1450. The van der Waals surface area contributed by atoms with Crippen molar-refractivity contribution in [3.05, 3.63) is 80.1 Å². The first-order valence-corrected chi connectivity index (χ1v) is 12.4. The highest BCUT2D eigenvalue weighted by Gasteiger charge is 2.25. The second-order valence-electron chi connectivity index (χ2n) is 8.84. The van der Waals surface area contributed by atoms with Gasteiger partial charge >= 0.3 is 5.82 Å². The highest BCUT2D eigenvalue weighted by Crippen LogP contribution is 2.34.